The number of benzene rings is 1. The van der Waals surface area contributed by atoms with Gasteiger partial charge in [-0.05, 0) is 24.1 Å². The number of hydrogen-bond donors (Lipinski definition) is 2. The van der Waals surface area contributed by atoms with Crippen LogP contribution in [0.2, 0.25) is 5.02 Å². The number of aromatic hydroxyl groups is 1. The predicted molar refractivity (Wildman–Crippen MR) is 86.8 cm³/mol. The fraction of sp³-hybridized carbons (Fsp3) is 0.438. The van der Waals surface area contributed by atoms with E-state index in [9.17, 15) is 19.5 Å². The number of phenolic OH excluding ortho intramolecular Hbond substituents is 1. The zero-order chi connectivity index (χ0) is 18.3. The molecule has 2 N–H and O–H groups in total. The first-order valence-corrected chi connectivity index (χ1v) is 7.70. The van der Waals surface area contributed by atoms with Gasteiger partial charge in [0.25, 0.3) is 5.91 Å². The number of amides is 1. The van der Waals surface area contributed by atoms with Gasteiger partial charge in [-0.3, -0.25) is 4.79 Å². The Balaban J connectivity index is 2.64. The normalized spacial score (nSPS) is 12.8. The molecule has 0 aromatic heterocycles. The summed E-state index contributed by atoms with van der Waals surface area (Å²) in [6, 6.07) is 3.06. The maximum atomic E-state index is 11.9. The zero-order valence-electron chi connectivity index (χ0n) is 13.7. The van der Waals surface area contributed by atoms with Crippen molar-refractivity contribution in [2.24, 2.45) is 5.92 Å². The van der Waals surface area contributed by atoms with Gasteiger partial charge in [0.05, 0.1) is 7.11 Å². The van der Waals surface area contributed by atoms with Crippen molar-refractivity contribution in [1.82, 2.24) is 5.32 Å². The molecule has 0 bridgehead atoms. The van der Waals surface area contributed by atoms with Crippen molar-refractivity contribution >= 4 is 29.4 Å². The van der Waals surface area contributed by atoms with E-state index in [-0.39, 0.29) is 22.3 Å². The minimum atomic E-state index is -0.877. The van der Waals surface area contributed by atoms with Gasteiger partial charge in [0, 0.05) is 5.02 Å². The van der Waals surface area contributed by atoms with Crippen LogP contribution in [0.5, 0.6) is 5.75 Å². The fourth-order valence-electron chi connectivity index (χ4n) is 1.90. The number of methoxy groups -OCH3 is 1. The number of halogens is 1. The molecule has 2 unspecified atom stereocenters. The first-order chi connectivity index (χ1) is 11.3. The van der Waals surface area contributed by atoms with E-state index in [1.54, 1.807) is 6.92 Å². The summed E-state index contributed by atoms with van der Waals surface area (Å²) in [4.78, 5) is 35.4. The summed E-state index contributed by atoms with van der Waals surface area (Å²) >= 11 is 5.67. The summed E-state index contributed by atoms with van der Waals surface area (Å²) in [5, 5.41) is 12.4. The van der Waals surface area contributed by atoms with E-state index in [4.69, 9.17) is 16.3 Å². The zero-order valence-corrected chi connectivity index (χ0v) is 14.4. The molecular formula is C16H20ClNO6. The van der Waals surface area contributed by atoms with E-state index in [0.717, 1.165) is 0 Å². The highest BCUT2D eigenvalue weighted by Crippen LogP contribution is 2.22. The largest absolute Gasteiger partial charge is 0.507 e. The highest BCUT2D eigenvalue weighted by molar-refractivity contribution is 6.30. The number of nitrogens with one attached hydrogen (secondary N) is 1. The van der Waals surface area contributed by atoms with Crippen molar-refractivity contribution < 1.29 is 29.0 Å². The Kier molecular flexibility index (Phi) is 7.51. The van der Waals surface area contributed by atoms with Gasteiger partial charge in [0.1, 0.15) is 17.4 Å². The molecular weight excluding hydrogens is 338 g/mol. The monoisotopic (exact) mass is 357 g/mol. The molecule has 7 nitrogen and oxygen atoms in total. The fourth-order valence-corrected chi connectivity index (χ4v) is 2.06. The molecule has 0 radical (unpaired) electrons. The quantitative estimate of drug-likeness (QED) is 0.723. The lowest BCUT2D eigenvalue weighted by Crippen LogP contribution is -2.47. The summed E-state index contributed by atoms with van der Waals surface area (Å²) < 4.78 is 9.48. The Hall–Kier alpha value is -2.28. The standard InChI is InChI=1S/C16H20ClNO6/c1-4-9(2)14(16(22)23-3)18-13(20)8-24-15(21)11-6-5-10(17)7-12(11)19/h5-7,9,14,19H,4,8H2,1-3H3,(H,18,20). The Morgan fingerprint density at radius 1 is 1.33 bits per heavy atom. The second-order valence-corrected chi connectivity index (χ2v) is 5.63. The van der Waals surface area contributed by atoms with E-state index in [0.29, 0.717) is 6.42 Å². The molecule has 0 heterocycles. The van der Waals surface area contributed by atoms with Crippen LogP contribution < -0.4 is 5.32 Å². The first-order valence-electron chi connectivity index (χ1n) is 7.33. The van der Waals surface area contributed by atoms with Crippen molar-refractivity contribution in [3.8, 4) is 5.75 Å². The number of ether oxygens (including phenoxy) is 2. The number of carbonyl (C=O) groups is 3. The molecule has 0 saturated heterocycles. The molecule has 0 aliphatic heterocycles. The molecule has 24 heavy (non-hydrogen) atoms. The smallest absolute Gasteiger partial charge is 0.342 e. The SMILES string of the molecule is CCC(C)C(NC(=O)COC(=O)c1ccc(Cl)cc1O)C(=O)OC. The lowest BCUT2D eigenvalue weighted by molar-refractivity contribution is -0.147. The molecule has 0 aliphatic rings. The topological polar surface area (TPSA) is 102 Å². The molecule has 132 valence electrons. The Bertz CT molecular complexity index is 619. The number of esters is 2. The number of phenols is 1. The summed E-state index contributed by atoms with van der Waals surface area (Å²) in [5.41, 5.74) is -0.112. The maximum Gasteiger partial charge on any atom is 0.342 e. The van der Waals surface area contributed by atoms with Crippen molar-refractivity contribution in [2.75, 3.05) is 13.7 Å². The maximum absolute atomic E-state index is 11.9. The molecule has 1 aromatic rings. The molecule has 1 amide bonds. The van der Waals surface area contributed by atoms with Crippen molar-refractivity contribution in [1.29, 1.82) is 0 Å². The summed E-state index contributed by atoms with van der Waals surface area (Å²) in [6.07, 6.45) is 0.651. The van der Waals surface area contributed by atoms with Gasteiger partial charge < -0.3 is 19.9 Å². The third-order valence-corrected chi connectivity index (χ3v) is 3.73. The minimum Gasteiger partial charge on any atom is -0.507 e. The van der Waals surface area contributed by atoms with Crippen LogP contribution in [0.15, 0.2) is 18.2 Å². The van der Waals surface area contributed by atoms with Crippen LogP contribution in [0, 0.1) is 5.92 Å². The molecule has 0 spiro atoms. The number of hydrogen-bond acceptors (Lipinski definition) is 6. The number of rotatable bonds is 7. The summed E-state index contributed by atoms with van der Waals surface area (Å²) in [7, 11) is 1.23. The van der Waals surface area contributed by atoms with Crippen LogP contribution in [-0.4, -0.2) is 42.7 Å². The third kappa shape index (κ3) is 5.42. The second kappa shape index (κ2) is 9.12. The highest BCUT2D eigenvalue weighted by atomic mass is 35.5. The summed E-state index contributed by atoms with van der Waals surface area (Å²) in [6.45, 7) is 3.07. The molecule has 0 saturated carbocycles. The summed E-state index contributed by atoms with van der Waals surface area (Å²) in [5.74, 6) is -2.58. The van der Waals surface area contributed by atoms with E-state index >= 15 is 0 Å². The third-order valence-electron chi connectivity index (χ3n) is 3.50. The van der Waals surface area contributed by atoms with Crippen LogP contribution in [0.3, 0.4) is 0 Å². The van der Waals surface area contributed by atoms with E-state index < -0.39 is 30.5 Å². The van der Waals surface area contributed by atoms with Crippen LogP contribution in [0.4, 0.5) is 0 Å². The minimum absolute atomic E-state index is 0.112. The second-order valence-electron chi connectivity index (χ2n) is 5.19. The average molecular weight is 358 g/mol. The Labute approximate surface area is 144 Å². The van der Waals surface area contributed by atoms with E-state index in [1.807, 2.05) is 6.92 Å². The van der Waals surface area contributed by atoms with Gasteiger partial charge >= 0.3 is 11.9 Å². The molecule has 1 aromatic carbocycles. The van der Waals surface area contributed by atoms with Crippen molar-refractivity contribution in [3.63, 3.8) is 0 Å². The van der Waals surface area contributed by atoms with Gasteiger partial charge in [0.2, 0.25) is 0 Å². The molecule has 2 atom stereocenters. The molecule has 8 heteroatoms. The molecule has 0 aliphatic carbocycles. The van der Waals surface area contributed by atoms with Gasteiger partial charge in [-0.1, -0.05) is 31.9 Å². The van der Waals surface area contributed by atoms with Crippen molar-refractivity contribution in [2.45, 2.75) is 26.3 Å². The number of carbonyl (C=O) groups excluding carboxylic acids is 3. The predicted octanol–water partition coefficient (Wildman–Crippen LogP) is 1.91. The van der Waals surface area contributed by atoms with E-state index in [2.05, 4.69) is 10.1 Å². The van der Waals surface area contributed by atoms with Gasteiger partial charge in [-0.2, -0.15) is 0 Å². The van der Waals surface area contributed by atoms with Gasteiger partial charge in [-0.25, -0.2) is 9.59 Å². The van der Waals surface area contributed by atoms with Crippen LogP contribution in [0.1, 0.15) is 30.6 Å². The highest BCUT2D eigenvalue weighted by Gasteiger charge is 2.27. The van der Waals surface area contributed by atoms with Crippen LogP contribution in [-0.2, 0) is 19.1 Å². The first kappa shape index (κ1) is 19.8. The Morgan fingerprint density at radius 2 is 2.00 bits per heavy atom. The van der Waals surface area contributed by atoms with Crippen LogP contribution >= 0.6 is 11.6 Å². The van der Waals surface area contributed by atoms with Crippen molar-refractivity contribution in [3.05, 3.63) is 28.8 Å². The lowest BCUT2D eigenvalue weighted by atomic mass is 9.99. The van der Waals surface area contributed by atoms with Gasteiger partial charge in [-0.15, -0.1) is 0 Å². The average Bonchev–Trinajstić information content (AvgIpc) is 2.56. The Morgan fingerprint density at radius 3 is 2.54 bits per heavy atom. The molecule has 1 rings (SSSR count). The van der Waals surface area contributed by atoms with E-state index in [1.165, 1.54) is 25.3 Å². The van der Waals surface area contributed by atoms with Crippen LogP contribution in [0.25, 0.3) is 0 Å². The molecule has 0 fully saturated rings. The lowest BCUT2D eigenvalue weighted by Gasteiger charge is -2.21. The van der Waals surface area contributed by atoms with Gasteiger partial charge in [0.15, 0.2) is 6.61 Å².